The molecule has 2 aromatic carbocycles. The highest BCUT2D eigenvalue weighted by molar-refractivity contribution is 9.10. The van der Waals surface area contributed by atoms with Crippen molar-refractivity contribution in [2.45, 2.75) is 0 Å². The van der Waals surface area contributed by atoms with Crippen molar-refractivity contribution in [3.05, 3.63) is 80.8 Å². The number of guanidine groups is 1. The van der Waals surface area contributed by atoms with Crippen molar-refractivity contribution >= 4 is 72.7 Å². The Bertz CT molecular complexity index is 765. The van der Waals surface area contributed by atoms with E-state index in [1.807, 2.05) is 72.8 Å². The molecule has 130 valence electrons. The Morgan fingerprint density at radius 1 is 0.760 bits per heavy atom. The molecule has 0 aliphatic rings. The van der Waals surface area contributed by atoms with E-state index < -0.39 is 0 Å². The van der Waals surface area contributed by atoms with Crippen molar-refractivity contribution in [2.24, 2.45) is 21.7 Å². The normalized spacial score (nSPS) is 10.5. The first-order valence-electron chi connectivity index (χ1n) is 7.08. The van der Waals surface area contributed by atoms with Gasteiger partial charge in [-0.15, -0.1) is 27.2 Å². The van der Waals surface area contributed by atoms with E-state index in [9.17, 15) is 0 Å². The number of halogens is 3. The van der Waals surface area contributed by atoms with E-state index in [1.165, 1.54) is 0 Å². The molecule has 0 fully saturated rings. The molecule has 4 N–H and O–H groups in total. The largest absolute Gasteiger partial charge is 0.369 e. The molecule has 0 heterocycles. The quantitative estimate of drug-likeness (QED) is 0.320. The Morgan fingerprint density at radius 3 is 1.60 bits per heavy atom. The fraction of sp³-hybridized carbons (Fsp3) is 0. The summed E-state index contributed by atoms with van der Waals surface area (Å²) in [6, 6.07) is 15.8. The first-order chi connectivity index (χ1) is 11.6. The lowest BCUT2D eigenvalue weighted by atomic mass is 10.1. The molecule has 7 heteroatoms. The molecule has 0 amide bonds. The minimum absolute atomic E-state index is 0. The number of hydrogen-bond acceptors (Lipinski definition) is 2. The van der Waals surface area contributed by atoms with Crippen LogP contribution in [-0.4, -0.2) is 11.7 Å². The van der Waals surface area contributed by atoms with Gasteiger partial charge in [0.15, 0.2) is 0 Å². The van der Waals surface area contributed by atoms with Crippen molar-refractivity contribution in [3.63, 3.8) is 0 Å². The van der Waals surface area contributed by atoms with Crippen LogP contribution in [-0.2, 0) is 0 Å². The standard InChI is InChI=1S/C18H16Br2N4.BrH/c19-16-7-3-1-5-13(16)9-11-15(23-24-18(21)22)12-10-14-6-2-4-8-17(14)20;/h1-12H,(H4,21,22,24);1H. The maximum Gasteiger partial charge on any atom is 0.211 e. The number of benzene rings is 2. The molecule has 0 bridgehead atoms. The number of rotatable bonds is 5. The lowest BCUT2D eigenvalue weighted by molar-refractivity contribution is 1.21. The van der Waals surface area contributed by atoms with E-state index in [0.717, 1.165) is 20.1 Å². The van der Waals surface area contributed by atoms with Gasteiger partial charge in [0, 0.05) is 8.95 Å². The lowest BCUT2D eigenvalue weighted by Crippen LogP contribution is -2.22. The summed E-state index contributed by atoms with van der Waals surface area (Å²) in [5, 5.41) is 7.79. The molecule has 0 atom stereocenters. The van der Waals surface area contributed by atoms with E-state index in [2.05, 4.69) is 42.1 Å². The summed E-state index contributed by atoms with van der Waals surface area (Å²) in [6.45, 7) is 0. The molecule has 2 aromatic rings. The second kappa shape index (κ2) is 11.0. The Balaban J connectivity index is 0.00000312. The van der Waals surface area contributed by atoms with E-state index in [0.29, 0.717) is 5.71 Å². The molecular weight excluding hydrogens is 512 g/mol. The highest BCUT2D eigenvalue weighted by Crippen LogP contribution is 2.19. The molecule has 0 aliphatic heterocycles. The van der Waals surface area contributed by atoms with E-state index >= 15 is 0 Å². The molecule has 0 saturated carbocycles. The first kappa shape index (κ1) is 21.3. The van der Waals surface area contributed by atoms with Gasteiger partial charge in [-0.2, -0.15) is 0 Å². The van der Waals surface area contributed by atoms with Crippen LogP contribution in [0.25, 0.3) is 12.2 Å². The van der Waals surface area contributed by atoms with Crippen molar-refractivity contribution in [1.29, 1.82) is 0 Å². The number of allylic oxidation sites excluding steroid dienone is 2. The summed E-state index contributed by atoms with van der Waals surface area (Å²) < 4.78 is 1.99. The fourth-order valence-corrected chi connectivity index (χ4v) is 2.64. The molecule has 4 nitrogen and oxygen atoms in total. The summed E-state index contributed by atoms with van der Waals surface area (Å²) in [6.07, 6.45) is 7.57. The van der Waals surface area contributed by atoms with Gasteiger partial charge in [0.05, 0.1) is 5.71 Å². The maximum atomic E-state index is 5.36. The zero-order chi connectivity index (χ0) is 17.4. The van der Waals surface area contributed by atoms with E-state index in [1.54, 1.807) is 0 Å². The summed E-state index contributed by atoms with van der Waals surface area (Å²) in [4.78, 5) is 0. The monoisotopic (exact) mass is 526 g/mol. The second-order valence-electron chi connectivity index (χ2n) is 4.76. The van der Waals surface area contributed by atoms with Gasteiger partial charge in [-0.3, -0.25) is 0 Å². The van der Waals surface area contributed by atoms with Crippen molar-refractivity contribution in [3.8, 4) is 0 Å². The molecule has 0 spiro atoms. The van der Waals surface area contributed by atoms with Gasteiger partial charge in [-0.1, -0.05) is 80.4 Å². The van der Waals surface area contributed by atoms with Crippen LogP contribution in [0.1, 0.15) is 11.1 Å². The van der Waals surface area contributed by atoms with E-state index in [-0.39, 0.29) is 22.9 Å². The van der Waals surface area contributed by atoms with Crippen molar-refractivity contribution in [1.82, 2.24) is 0 Å². The van der Waals surface area contributed by atoms with Crippen LogP contribution in [0.4, 0.5) is 0 Å². The van der Waals surface area contributed by atoms with Gasteiger partial charge in [0.1, 0.15) is 0 Å². The maximum absolute atomic E-state index is 5.36. The first-order valence-corrected chi connectivity index (χ1v) is 8.66. The second-order valence-corrected chi connectivity index (χ2v) is 6.47. The SMILES string of the molecule is Br.NC(N)=NN=C(C=Cc1ccccc1Br)C=Cc1ccccc1Br. The Labute approximate surface area is 174 Å². The third-order valence-corrected chi connectivity index (χ3v) is 4.40. The summed E-state index contributed by atoms with van der Waals surface area (Å²) >= 11 is 7.02. The number of nitrogens with two attached hydrogens (primary N) is 2. The van der Waals surface area contributed by atoms with Crippen LogP contribution in [0.15, 0.2) is 79.8 Å². The summed E-state index contributed by atoms with van der Waals surface area (Å²) in [7, 11) is 0. The van der Waals surface area contributed by atoms with Crippen LogP contribution >= 0.6 is 48.8 Å². The topological polar surface area (TPSA) is 76.8 Å². The van der Waals surface area contributed by atoms with Crippen molar-refractivity contribution < 1.29 is 0 Å². The van der Waals surface area contributed by atoms with Gasteiger partial charge < -0.3 is 11.5 Å². The predicted molar refractivity (Wildman–Crippen MR) is 120 cm³/mol. The molecule has 0 aliphatic carbocycles. The smallest absolute Gasteiger partial charge is 0.211 e. The van der Waals surface area contributed by atoms with Gasteiger partial charge in [0.25, 0.3) is 0 Å². The Kier molecular flexibility index (Phi) is 9.41. The van der Waals surface area contributed by atoms with Crippen LogP contribution in [0.2, 0.25) is 0 Å². The van der Waals surface area contributed by atoms with Crippen LogP contribution in [0, 0.1) is 0 Å². The van der Waals surface area contributed by atoms with Crippen molar-refractivity contribution in [2.75, 3.05) is 0 Å². The fourth-order valence-electron chi connectivity index (χ4n) is 1.81. The summed E-state index contributed by atoms with van der Waals surface area (Å²) in [5.74, 6) is -0.0870. The third-order valence-electron chi connectivity index (χ3n) is 2.96. The minimum atomic E-state index is -0.0870. The number of nitrogens with zero attached hydrogens (tertiary/aromatic N) is 2. The molecule has 0 saturated heterocycles. The summed E-state index contributed by atoms with van der Waals surface area (Å²) in [5.41, 5.74) is 13.4. The zero-order valence-corrected chi connectivity index (χ0v) is 18.0. The van der Waals surface area contributed by atoms with Gasteiger partial charge in [-0.05, 0) is 35.4 Å². The van der Waals surface area contributed by atoms with Gasteiger partial charge in [-0.25, -0.2) is 0 Å². The van der Waals surface area contributed by atoms with Crippen LogP contribution < -0.4 is 11.5 Å². The highest BCUT2D eigenvalue weighted by Gasteiger charge is 1.97. The van der Waals surface area contributed by atoms with Crippen LogP contribution in [0.3, 0.4) is 0 Å². The predicted octanol–water partition coefficient (Wildman–Crippen LogP) is 5.15. The minimum Gasteiger partial charge on any atom is -0.369 e. The molecular formula is C18H17Br3N4. The third kappa shape index (κ3) is 7.37. The molecule has 25 heavy (non-hydrogen) atoms. The highest BCUT2D eigenvalue weighted by atomic mass is 79.9. The molecule has 2 rings (SSSR count). The Hall–Kier alpha value is -1.70. The van der Waals surface area contributed by atoms with Gasteiger partial charge in [0.2, 0.25) is 5.96 Å². The molecule has 0 aromatic heterocycles. The Morgan fingerprint density at radius 2 is 1.20 bits per heavy atom. The van der Waals surface area contributed by atoms with Gasteiger partial charge >= 0.3 is 0 Å². The zero-order valence-electron chi connectivity index (χ0n) is 13.1. The molecule has 0 radical (unpaired) electrons. The number of hydrogen-bond donors (Lipinski definition) is 2. The average molecular weight is 529 g/mol. The average Bonchev–Trinajstić information content (AvgIpc) is 2.56. The van der Waals surface area contributed by atoms with E-state index in [4.69, 9.17) is 11.5 Å². The van der Waals surface area contributed by atoms with Crippen LogP contribution in [0.5, 0.6) is 0 Å². The lowest BCUT2D eigenvalue weighted by Gasteiger charge is -1.99. The molecule has 0 unspecified atom stereocenters.